The Morgan fingerprint density at radius 1 is 1.07 bits per heavy atom. The second kappa shape index (κ2) is 3.38. The average molecular weight is 203 g/mol. The third kappa shape index (κ3) is 1.58. The van der Waals surface area contributed by atoms with Crippen LogP contribution in [0.3, 0.4) is 0 Å². The van der Waals surface area contributed by atoms with Crippen molar-refractivity contribution in [3.8, 4) is 5.75 Å². The first-order chi connectivity index (χ1) is 7.11. The van der Waals surface area contributed by atoms with Crippen LogP contribution >= 0.6 is 0 Å². The highest BCUT2D eigenvalue weighted by atomic mass is 16.5. The third-order valence-electron chi connectivity index (χ3n) is 2.43. The number of nitrogen functional groups attached to an aromatic ring is 1. The molecular formula is C11H13N3O. The SMILES string of the molecule is COc1cc2nc(C)c(C)nc2cc1N. The Hall–Kier alpha value is -1.84. The van der Waals surface area contributed by atoms with E-state index in [0.29, 0.717) is 11.4 Å². The summed E-state index contributed by atoms with van der Waals surface area (Å²) in [7, 11) is 1.59. The van der Waals surface area contributed by atoms with E-state index in [-0.39, 0.29) is 0 Å². The summed E-state index contributed by atoms with van der Waals surface area (Å²) >= 11 is 0. The number of benzene rings is 1. The standard InChI is InChI=1S/C11H13N3O/c1-6-7(2)14-10-5-11(15-3)8(12)4-9(10)13-6/h4-5H,12H2,1-3H3. The van der Waals surface area contributed by atoms with Crippen LogP contribution in [0, 0.1) is 13.8 Å². The van der Waals surface area contributed by atoms with E-state index in [1.54, 1.807) is 13.2 Å². The molecule has 0 bridgehead atoms. The molecule has 0 saturated carbocycles. The van der Waals surface area contributed by atoms with Gasteiger partial charge in [-0.3, -0.25) is 0 Å². The number of hydrogen-bond donors (Lipinski definition) is 1. The van der Waals surface area contributed by atoms with Crippen molar-refractivity contribution in [1.29, 1.82) is 0 Å². The molecule has 1 heterocycles. The van der Waals surface area contributed by atoms with Crippen LogP contribution in [0.5, 0.6) is 5.75 Å². The summed E-state index contributed by atoms with van der Waals surface area (Å²) in [4.78, 5) is 8.84. The van der Waals surface area contributed by atoms with Gasteiger partial charge in [-0.25, -0.2) is 9.97 Å². The topological polar surface area (TPSA) is 61.0 Å². The molecule has 0 fully saturated rings. The summed E-state index contributed by atoms with van der Waals surface area (Å²) in [6.07, 6.45) is 0. The maximum absolute atomic E-state index is 5.79. The lowest BCUT2D eigenvalue weighted by molar-refractivity contribution is 0.417. The highest BCUT2D eigenvalue weighted by molar-refractivity contribution is 5.82. The Morgan fingerprint density at radius 2 is 1.60 bits per heavy atom. The zero-order chi connectivity index (χ0) is 11.0. The number of anilines is 1. The summed E-state index contributed by atoms with van der Waals surface area (Å²) in [5.41, 5.74) is 9.84. The van der Waals surface area contributed by atoms with E-state index in [4.69, 9.17) is 10.5 Å². The van der Waals surface area contributed by atoms with Crippen LogP contribution in [0.25, 0.3) is 11.0 Å². The first-order valence-corrected chi connectivity index (χ1v) is 4.70. The van der Waals surface area contributed by atoms with Crippen molar-refractivity contribution in [2.24, 2.45) is 0 Å². The van der Waals surface area contributed by atoms with E-state index in [1.165, 1.54) is 0 Å². The molecule has 0 aliphatic carbocycles. The van der Waals surface area contributed by atoms with Gasteiger partial charge < -0.3 is 10.5 Å². The minimum atomic E-state index is 0.586. The van der Waals surface area contributed by atoms with Gasteiger partial charge in [-0.05, 0) is 19.9 Å². The molecule has 0 aliphatic rings. The number of fused-ring (bicyclic) bond motifs is 1. The molecular weight excluding hydrogens is 190 g/mol. The number of aryl methyl sites for hydroxylation is 2. The van der Waals surface area contributed by atoms with E-state index >= 15 is 0 Å². The molecule has 0 saturated heterocycles. The van der Waals surface area contributed by atoms with Crippen molar-refractivity contribution in [1.82, 2.24) is 9.97 Å². The highest BCUT2D eigenvalue weighted by Gasteiger charge is 2.06. The Bertz CT molecular complexity index is 523. The van der Waals surface area contributed by atoms with Crippen LogP contribution in [0.4, 0.5) is 5.69 Å². The molecule has 2 rings (SSSR count). The number of nitrogens with zero attached hydrogens (tertiary/aromatic N) is 2. The smallest absolute Gasteiger partial charge is 0.144 e. The van der Waals surface area contributed by atoms with Gasteiger partial charge in [0.25, 0.3) is 0 Å². The molecule has 2 aromatic rings. The van der Waals surface area contributed by atoms with Crippen molar-refractivity contribution in [2.45, 2.75) is 13.8 Å². The fourth-order valence-corrected chi connectivity index (χ4v) is 1.45. The summed E-state index contributed by atoms with van der Waals surface area (Å²) in [5, 5.41) is 0. The number of hydrogen-bond acceptors (Lipinski definition) is 4. The zero-order valence-electron chi connectivity index (χ0n) is 9.03. The largest absolute Gasteiger partial charge is 0.495 e. The van der Waals surface area contributed by atoms with Gasteiger partial charge in [-0.1, -0.05) is 0 Å². The van der Waals surface area contributed by atoms with E-state index in [1.807, 2.05) is 19.9 Å². The van der Waals surface area contributed by atoms with Crippen LogP contribution in [0.1, 0.15) is 11.4 Å². The normalized spacial score (nSPS) is 10.6. The Morgan fingerprint density at radius 3 is 2.13 bits per heavy atom. The maximum Gasteiger partial charge on any atom is 0.144 e. The summed E-state index contributed by atoms with van der Waals surface area (Å²) < 4.78 is 5.13. The summed E-state index contributed by atoms with van der Waals surface area (Å²) in [6.45, 7) is 3.87. The molecule has 1 aromatic carbocycles. The van der Waals surface area contributed by atoms with Crippen LogP contribution in [-0.4, -0.2) is 17.1 Å². The first-order valence-electron chi connectivity index (χ1n) is 4.70. The van der Waals surface area contributed by atoms with Crippen molar-refractivity contribution in [3.63, 3.8) is 0 Å². The van der Waals surface area contributed by atoms with Crippen molar-refractivity contribution in [3.05, 3.63) is 23.5 Å². The predicted octanol–water partition coefficient (Wildman–Crippen LogP) is 1.84. The van der Waals surface area contributed by atoms with E-state index < -0.39 is 0 Å². The summed E-state index contributed by atoms with van der Waals surface area (Å²) in [5.74, 6) is 0.639. The first kappa shape index (κ1) is 9.71. The molecule has 2 N–H and O–H groups in total. The second-order valence-electron chi connectivity index (χ2n) is 3.48. The summed E-state index contributed by atoms with van der Waals surface area (Å²) in [6, 6.07) is 3.59. The van der Waals surface area contributed by atoms with Crippen LogP contribution in [0.15, 0.2) is 12.1 Å². The van der Waals surface area contributed by atoms with Gasteiger partial charge in [0, 0.05) is 6.07 Å². The van der Waals surface area contributed by atoms with Gasteiger partial charge in [0.05, 0.1) is 35.2 Å². The number of aromatic nitrogens is 2. The molecule has 0 unspecified atom stereocenters. The lowest BCUT2D eigenvalue weighted by Crippen LogP contribution is -1.97. The van der Waals surface area contributed by atoms with E-state index in [0.717, 1.165) is 22.4 Å². The molecule has 4 heteroatoms. The van der Waals surface area contributed by atoms with Crippen LogP contribution in [-0.2, 0) is 0 Å². The minimum absolute atomic E-state index is 0.586. The molecule has 0 radical (unpaired) electrons. The zero-order valence-corrected chi connectivity index (χ0v) is 9.03. The molecule has 1 aromatic heterocycles. The average Bonchev–Trinajstić information content (AvgIpc) is 2.20. The van der Waals surface area contributed by atoms with E-state index in [2.05, 4.69) is 9.97 Å². The monoisotopic (exact) mass is 203 g/mol. The highest BCUT2D eigenvalue weighted by Crippen LogP contribution is 2.26. The van der Waals surface area contributed by atoms with Crippen LogP contribution in [0.2, 0.25) is 0 Å². The third-order valence-corrected chi connectivity index (χ3v) is 2.43. The quantitative estimate of drug-likeness (QED) is 0.718. The number of rotatable bonds is 1. The fraction of sp³-hybridized carbons (Fsp3) is 0.273. The molecule has 0 spiro atoms. The van der Waals surface area contributed by atoms with Crippen LogP contribution < -0.4 is 10.5 Å². The van der Waals surface area contributed by atoms with Crippen molar-refractivity contribution in [2.75, 3.05) is 12.8 Å². The number of methoxy groups -OCH3 is 1. The maximum atomic E-state index is 5.79. The van der Waals surface area contributed by atoms with Gasteiger partial charge >= 0.3 is 0 Å². The minimum Gasteiger partial charge on any atom is -0.495 e. The molecule has 78 valence electrons. The van der Waals surface area contributed by atoms with Crippen molar-refractivity contribution >= 4 is 16.7 Å². The van der Waals surface area contributed by atoms with Gasteiger partial charge in [-0.15, -0.1) is 0 Å². The van der Waals surface area contributed by atoms with Gasteiger partial charge in [0.15, 0.2) is 0 Å². The Kier molecular flexibility index (Phi) is 2.19. The fourth-order valence-electron chi connectivity index (χ4n) is 1.45. The molecule has 15 heavy (non-hydrogen) atoms. The molecule has 0 aliphatic heterocycles. The lowest BCUT2D eigenvalue weighted by atomic mass is 10.2. The van der Waals surface area contributed by atoms with E-state index in [9.17, 15) is 0 Å². The Labute approximate surface area is 88.1 Å². The van der Waals surface area contributed by atoms with Gasteiger partial charge in [0.1, 0.15) is 5.75 Å². The number of nitrogens with two attached hydrogens (primary N) is 1. The van der Waals surface area contributed by atoms with Crippen molar-refractivity contribution < 1.29 is 4.74 Å². The van der Waals surface area contributed by atoms with Gasteiger partial charge in [-0.2, -0.15) is 0 Å². The molecule has 4 nitrogen and oxygen atoms in total. The second-order valence-corrected chi connectivity index (χ2v) is 3.48. The molecule has 0 amide bonds. The number of ether oxygens (including phenoxy) is 1. The predicted molar refractivity (Wildman–Crippen MR) is 60.0 cm³/mol. The lowest BCUT2D eigenvalue weighted by Gasteiger charge is -2.07. The van der Waals surface area contributed by atoms with Gasteiger partial charge in [0.2, 0.25) is 0 Å². The molecule has 0 atom stereocenters. The Balaban J connectivity index is 2.76.